The van der Waals surface area contributed by atoms with E-state index in [1.807, 2.05) is 6.92 Å². The van der Waals surface area contributed by atoms with Crippen LogP contribution in [0.5, 0.6) is 0 Å². The van der Waals surface area contributed by atoms with Gasteiger partial charge in [0.15, 0.2) is 0 Å². The van der Waals surface area contributed by atoms with E-state index in [-0.39, 0.29) is 11.8 Å². The van der Waals surface area contributed by atoms with Crippen molar-refractivity contribution in [2.45, 2.75) is 33.2 Å². The number of amidine groups is 1. The van der Waals surface area contributed by atoms with Crippen molar-refractivity contribution < 1.29 is 5.21 Å². The Labute approximate surface area is 98.7 Å². The lowest BCUT2D eigenvalue weighted by molar-refractivity contribution is 0.251. The number of likely N-dealkylation sites (N-methyl/N-ethyl adjacent to an activating group) is 1. The summed E-state index contributed by atoms with van der Waals surface area (Å²) < 4.78 is 0. The van der Waals surface area contributed by atoms with E-state index in [9.17, 15) is 0 Å². The third-order valence-electron chi connectivity index (χ3n) is 3.06. The average molecular weight is 230 g/mol. The summed E-state index contributed by atoms with van der Waals surface area (Å²) in [5.74, 6) is 0.349. The highest BCUT2D eigenvalue weighted by molar-refractivity contribution is 5.82. The third kappa shape index (κ3) is 5.92. The first kappa shape index (κ1) is 15.2. The van der Waals surface area contributed by atoms with Crippen LogP contribution in [0.4, 0.5) is 0 Å². The van der Waals surface area contributed by atoms with E-state index in [0.29, 0.717) is 6.04 Å². The molecular weight excluding hydrogens is 204 g/mol. The first-order valence-corrected chi connectivity index (χ1v) is 5.91. The van der Waals surface area contributed by atoms with Crippen LogP contribution in [0.2, 0.25) is 0 Å². The summed E-state index contributed by atoms with van der Waals surface area (Å²) in [6, 6.07) is 0.614. The van der Waals surface area contributed by atoms with E-state index in [1.54, 1.807) is 0 Å². The zero-order valence-electron chi connectivity index (χ0n) is 10.9. The Bertz CT molecular complexity index is 208. The molecule has 5 heteroatoms. The molecule has 0 aromatic carbocycles. The molecule has 0 radical (unpaired) electrons. The molecule has 0 saturated carbocycles. The van der Waals surface area contributed by atoms with Gasteiger partial charge in [-0.05, 0) is 20.4 Å². The molecular formula is C11H26N4O. The second-order valence-corrected chi connectivity index (χ2v) is 4.37. The van der Waals surface area contributed by atoms with Gasteiger partial charge in [-0.25, -0.2) is 0 Å². The van der Waals surface area contributed by atoms with Crippen LogP contribution < -0.4 is 11.1 Å². The number of nitrogens with zero attached hydrogens (tertiary/aromatic N) is 2. The molecule has 4 N–H and O–H groups in total. The van der Waals surface area contributed by atoms with Gasteiger partial charge in [-0.3, -0.25) is 0 Å². The summed E-state index contributed by atoms with van der Waals surface area (Å²) in [6.07, 6.45) is 1.16. The third-order valence-corrected chi connectivity index (χ3v) is 3.06. The van der Waals surface area contributed by atoms with Crippen LogP contribution in [0.25, 0.3) is 0 Å². The van der Waals surface area contributed by atoms with Crippen LogP contribution in [0.15, 0.2) is 5.16 Å². The van der Waals surface area contributed by atoms with Gasteiger partial charge in [0.25, 0.3) is 0 Å². The zero-order chi connectivity index (χ0) is 12.6. The normalized spacial score (nSPS) is 16.4. The summed E-state index contributed by atoms with van der Waals surface area (Å²) in [4.78, 5) is 2.32. The minimum absolute atomic E-state index is 0.0684. The number of rotatable bonds is 8. The van der Waals surface area contributed by atoms with Crippen molar-refractivity contribution in [3.8, 4) is 0 Å². The highest BCUT2D eigenvalue weighted by Gasteiger charge is 2.08. The van der Waals surface area contributed by atoms with Crippen LogP contribution in [-0.2, 0) is 0 Å². The predicted molar refractivity (Wildman–Crippen MR) is 67.8 cm³/mol. The summed E-state index contributed by atoms with van der Waals surface area (Å²) in [5.41, 5.74) is 5.48. The van der Waals surface area contributed by atoms with E-state index in [4.69, 9.17) is 10.9 Å². The molecule has 0 aromatic heterocycles. The SMILES string of the molecule is CCC(C)N(C)CCNCC(C)C(N)=NO. The lowest BCUT2D eigenvalue weighted by Gasteiger charge is -2.23. The second-order valence-electron chi connectivity index (χ2n) is 4.37. The molecule has 0 aromatic rings. The molecule has 0 aliphatic rings. The molecule has 0 fully saturated rings. The fourth-order valence-electron chi connectivity index (χ4n) is 1.31. The van der Waals surface area contributed by atoms with E-state index < -0.39 is 0 Å². The van der Waals surface area contributed by atoms with E-state index >= 15 is 0 Å². The van der Waals surface area contributed by atoms with Crippen molar-refractivity contribution in [3.05, 3.63) is 0 Å². The maximum absolute atomic E-state index is 8.48. The molecule has 2 unspecified atom stereocenters. The second kappa shape index (κ2) is 8.35. The van der Waals surface area contributed by atoms with Gasteiger partial charge in [-0.2, -0.15) is 0 Å². The average Bonchev–Trinajstić information content (AvgIpc) is 2.31. The molecule has 5 nitrogen and oxygen atoms in total. The Morgan fingerprint density at radius 2 is 2.12 bits per heavy atom. The standard InChI is InChI=1S/C11H26N4O/c1-5-10(3)15(4)7-6-13-8-9(2)11(12)14-16/h9-10,13,16H,5-8H2,1-4H3,(H2,12,14). The van der Waals surface area contributed by atoms with Crippen LogP contribution >= 0.6 is 0 Å². The van der Waals surface area contributed by atoms with Crippen LogP contribution in [0.1, 0.15) is 27.2 Å². The minimum Gasteiger partial charge on any atom is -0.409 e. The molecule has 0 heterocycles. The Morgan fingerprint density at radius 3 is 2.62 bits per heavy atom. The van der Waals surface area contributed by atoms with Gasteiger partial charge in [0.1, 0.15) is 5.84 Å². The van der Waals surface area contributed by atoms with E-state index in [0.717, 1.165) is 26.1 Å². The van der Waals surface area contributed by atoms with Gasteiger partial charge in [-0.15, -0.1) is 0 Å². The quantitative estimate of drug-likeness (QED) is 0.189. The fourth-order valence-corrected chi connectivity index (χ4v) is 1.31. The summed E-state index contributed by atoms with van der Waals surface area (Å²) in [5, 5.41) is 14.8. The Balaban J connectivity index is 3.61. The lowest BCUT2D eigenvalue weighted by atomic mass is 10.1. The first-order valence-electron chi connectivity index (χ1n) is 5.91. The predicted octanol–water partition coefficient (Wildman–Crippen LogP) is 0.689. The van der Waals surface area contributed by atoms with Crippen molar-refractivity contribution in [1.29, 1.82) is 0 Å². The molecule has 0 aliphatic heterocycles. The maximum Gasteiger partial charge on any atom is 0.143 e. The van der Waals surface area contributed by atoms with Crippen molar-refractivity contribution in [2.75, 3.05) is 26.7 Å². The molecule has 0 amide bonds. The highest BCUT2D eigenvalue weighted by atomic mass is 16.4. The molecule has 0 bridgehead atoms. The molecule has 0 saturated heterocycles. The topological polar surface area (TPSA) is 73.9 Å². The van der Waals surface area contributed by atoms with Gasteiger partial charge >= 0.3 is 0 Å². The zero-order valence-corrected chi connectivity index (χ0v) is 10.9. The summed E-state index contributed by atoms with van der Waals surface area (Å²) >= 11 is 0. The van der Waals surface area contributed by atoms with Gasteiger partial charge in [-0.1, -0.05) is 19.0 Å². The summed E-state index contributed by atoms with van der Waals surface area (Å²) in [7, 11) is 2.13. The number of hydrogen-bond donors (Lipinski definition) is 3. The molecule has 96 valence electrons. The number of nitrogens with one attached hydrogen (secondary N) is 1. The molecule has 16 heavy (non-hydrogen) atoms. The van der Waals surface area contributed by atoms with Crippen molar-refractivity contribution in [3.63, 3.8) is 0 Å². The smallest absolute Gasteiger partial charge is 0.143 e. The van der Waals surface area contributed by atoms with Crippen molar-refractivity contribution in [2.24, 2.45) is 16.8 Å². The molecule has 0 spiro atoms. The number of oxime groups is 1. The molecule has 0 rings (SSSR count). The van der Waals surface area contributed by atoms with Crippen LogP contribution in [0, 0.1) is 5.92 Å². The van der Waals surface area contributed by atoms with E-state index in [2.05, 4.69) is 36.3 Å². The molecule has 2 atom stereocenters. The van der Waals surface area contributed by atoms with Crippen molar-refractivity contribution in [1.82, 2.24) is 10.2 Å². The largest absolute Gasteiger partial charge is 0.409 e. The van der Waals surface area contributed by atoms with Crippen molar-refractivity contribution >= 4 is 5.84 Å². The van der Waals surface area contributed by atoms with Crippen LogP contribution in [-0.4, -0.2) is 48.7 Å². The Kier molecular flexibility index (Phi) is 7.93. The Hall–Kier alpha value is -0.810. The fraction of sp³-hybridized carbons (Fsp3) is 0.909. The van der Waals surface area contributed by atoms with E-state index in [1.165, 1.54) is 0 Å². The highest BCUT2D eigenvalue weighted by Crippen LogP contribution is 1.98. The van der Waals surface area contributed by atoms with Gasteiger partial charge < -0.3 is 21.2 Å². The molecule has 0 aliphatic carbocycles. The monoisotopic (exact) mass is 230 g/mol. The summed E-state index contributed by atoms with van der Waals surface area (Å²) in [6.45, 7) is 9.01. The van der Waals surface area contributed by atoms with Gasteiger partial charge in [0.05, 0.1) is 0 Å². The Morgan fingerprint density at radius 1 is 1.50 bits per heavy atom. The number of hydrogen-bond acceptors (Lipinski definition) is 4. The van der Waals surface area contributed by atoms with Gasteiger partial charge in [0.2, 0.25) is 0 Å². The van der Waals surface area contributed by atoms with Gasteiger partial charge in [0, 0.05) is 31.6 Å². The van der Waals surface area contributed by atoms with Crippen LogP contribution in [0.3, 0.4) is 0 Å². The number of nitrogens with two attached hydrogens (primary N) is 1. The lowest BCUT2D eigenvalue weighted by Crippen LogP contribution is -2.38. The maximum atomic E-state index is 8.48. The first-order chi connectivity index (χ1) is 7.52. The minimum atomic E-state index is 0.0684.